The highest BCUT2D eigenvalue weighted by Crippen LogP contribution is 2.22. The van der Waals surface area contributed by atoms with E-state index in [1.807, 2.05) is 0 Å². The van der Waals surface area contributed by atoms with Gasteiger partial charge in [0.05, 0.1) is 31.5 Å². The Bertz CT molecular complexity index is 447. The number of ether oxygens (including phenoxy) is 2. The SMILES string of the molecule is COCCS(=O)(=O)N1CCCC(C(=O)N2CCOCC2)C1. The molecule has 0 aromatic heterocycles. The summed E-state index contributed by atoms with van der Waals surface area (Å²) in [6, 6.07) is 0. The van der Waals surface area contributed by atoms with E-state index in [4.69, 9.17) is 9.47 Å². The number of amides is 1. The average Bonchev–Trinajstić information content (AvgIpc) is 2.53. The van der Waals surface area contributed by atoms with Gasteiger partial charge in [-0.05, 0) is 12.8 Å². The first kappa shape index (κ1) is 16.7. The fraction of sp³-hybridized carbons (Fsp3) is 0.923. The molecule has 21 heavy (non-hydrogen) atoms. The first-order chi connectivity index (χ1) is 10.0. The molecule has 2 aliphatic rings. The molecule has 0 N–H and O–H groups in total. The quantitative estimate of drug-likeness (QED) is 0.685. The van der Waals surface area contributed by atoms with Crippen molar-refractivity contribution in [1.82, 2.24) is 9.21 Å². The van der Waals surface area contributed by atoms with Gasteiger partial charge in [-0.1, -0.05) is 0 Å². The van der Waals surface area contributed by atoms with Crippen LogP contribution in [-0.2, 0) is 24.3 Å². The Morgan fingerprint density at radius 2 is 2.00 bits per heavy atom. The molecule has 2 rings (SSSR count). The molecule has 2 saturated heterocycles. The summed E-state index contributed by atoms with van der Waals surface area (Å²) < 4.78 is 35.9. The standard InChI is InChI=1S/C13H24N2O5S/c1-19-9-10-21(17,18)15-4-2-3-12(11-15)13(16)14-5-7-20-8-6-14/h12H,2-11H2,1H3. The van der Waals surface area contributed by atoms with Gasteiger partial charge in [0.25, 0.3) is 0 Å². The van der Waals surface area contributed by atoms with Gasteiger partial charge in [0, 0.05) is 33.3 Å². The van der Waals surface area contributed by atoms with Crippen LogP contribution in [0.4, 0.5) is 0 Å². The van der Waals surface area contributed by atoms with Crippen molar-refractivity contribution in [3.05, 3.63) is 0 Å². The second-order valence-electron chi connectivity index (χ2n) is 5.44. The van der Waals surface area contributed by atoms with Crippen LogP contribution in [0.25, 0.3) is 0 Å². The van der Waals surface area contributed by atoms with E-state index in [0.717, 1.165) is 12.8 Å². The zero-order valence-electron chi connectivity index (χ0n) is 12.5. The largest absolute Gasteiger partial charge is 0.384 e. The second-order valence-corrected chi connectivity index (χ2v) is 7.53. The van der Waals surface area contributed by atoms with Gasteiger partial charge in [-0.15, -0.1) is 0 Å². The first-order valence-electron chi connectivity index (χ1n) is 7.38. The summed E-state index contributed by atoms with van der Waals surface area (Å²) in [7, 11) is -1.85. The Hall–Kier alpha value is -0.700. The number of methoxy groups -OCH3 is 1. The van der Waals surface area contributed by atoms with Crippen LogP contribution in [-0.4, -0.2) is 82.4 Å². The Morgan fingerprint density at radius 1 is 1.29 bits per heavy atom. The van der Waals surface area contributed by atoms with Gasteiger partial charge in [0.15, 0.2) is 0 Å². The molecular weight excluding hydrogens is 296 g/mol. The lowest BCUT2D eigenvalue weighted by atomic mass is 9.98. The molecule has 0 radical (unpaired) electrons. The van der Waals surface area contributed by atoms with Crippen molar-refractivity contribution in [1.29, 1.82) is 0 Å². The van der Waals surface area contributed by atoms with Crippen molar-refractivity contribution in [2.45, 2.75) is 12.8 Å². The Kier molecular flexibility index (Phi) is 5.98. The van der Waals surface area contributed by atoms with Crippen LogP contribution in [0.3, 0.4) is 0 Å². The predicted octanol–water partition coefficient (Wildman–Crippen LogP) is -0.467. The van der Waals surface area contributed by atoms with E-state index in [-0.39, 0.29) is 24.2 Å². The van der Waals surface area contributed by atoms with Gasteiger partial charge in [0.2, 0.25) is 15.9 Å². The highest BCUT2D eigenvalue weighted by Gasteiger charge is 2.34. The van der Waals surface area contributed by atoms with Crippen molar-refractivity contribution >= 4 is 15.9 Å². The molecule has 8 heteroatoms. The number of morpholine rings is 1. The maximum atomic E-state index is 12.5. The molecule has 0 spiro atoms. The topological polar surface area (TPSA) is 76.2 Å². The number of piperidine rings is 1. The number of carbonyl (C=O) groups is 1. The number of hydrogen-bond donors (Lipinski definition) is 0. The maximum absolute atomic E-state index is 12.5. The summed E-state index contributed by atoms with van der Waals surface area (Å²) in [5, 5.41) is 0. The molecule has 1 unspecified atom stereocenters. The minimum absolute atomic E-state index is 0.0258. The van der Waals surface area contributed by atoms with Gasteiger partial charge in [-0.2, -0.15) is 0 Å². The predicted molar refractivity (Wildman–Crippen MR) is 77.4 cm³/mol. The van der Waals surface area contributed by atoms with E-state index >= 15 is 0 Å². The Labute approximate surface area is 126 Å². The highest BCUT2D eigenvalue weighted by molar-refractivity contribution is 7.89. The van der Waals surface area contributed by atoms with Gasteiger partial charge < -0.3 is 14.4 Å². The summed E-state index contributed by atoms with van der Waals surface area (Å²) >= 11 is 0. The number of rotatable bonds is 5. The summed E-state index contributed by atoms with van der Waals surface area (Å²) in [5.74, 6) is -0.193. The van der Waals surface area contributed by atoms with Gasteiger partial charge in [-0.3, -0.25) is 4.79 Å². The summed E-state index contributed by atoms with van der Waals surface area (Å²) in [6.45, 7) is 3.31. The molecule has 2 fully saturated rings. The zero-order valence-corrected chi connectivity index (χ0v) is 13.3. The summed E-state index contributed by atoms with van der Waals surface area (Å²) in [4.78, 5) is 14.3. The fourth-order valence-electron chi connectivity index (χ4n) is 2.76. The van der Waals surface area contributed by atoms with E-state index in [2.05, 4.69) is 0 Å². The van der Waals surface area contributed by atoms with E-state index in [1.165, 1.54) is 11.4 Å². The highest BCUT2D eigenvalue weighted by atomic mass is 32.2. The lowest BCUT2D eigenvalue weighted by Gasteiger charge is -2.35. The van der Waals surface area contributed by atoms with Crippen LogP contribution in [0.1, 0.15) is 12.8 Å². The third-order valence-corrected chi connectivity index (χ3v) is 5.80. The second kappa shape index (κ2) is 7.53. The smallest absolute Gasteiger partial charge is 0.227 e. The monoisotopic (exact) mass is 320 g/mol. The van der Waals surface area contributed by atoms with Gasteiger partial charge in [0.1, 0.15) is 0 Å². The molecule has 0 aliphatic carbocycles. The molecule has 0 aromatic rings. The van der Waals surface area contributed by atoms with Crippen molar-refractivity contribution in [3.8, 4) is 0 Å². The molecule has 0 aromatic carbocycles. The minimum atomic E-state index is -3.33. The van der Waals surface area contributed by atoms with Crippen molar-refractivity contribution in [2.75, 3.05) is 58.9 Å². The van der Waals surface area contributed by atoms with Gasteiger partial charge >= 0.3 is 0 Å². The third-order valence-electron chi connectivity index (χ3n) is 3.99. The lowest BCUT2D eigenvalue weighted by molar-refractivity contribution is -0.140. The molecular formula is C13H24N2O5S. The molecule has 2 aliphatic heterocycles. The van der Waals surface area contributed by atoms with Crippen LogP contribution in [0.5, 0.6) is 0 Å². The van der Waals surface area contributed by atoms with Crippen molar-refractivity contribution in [2.24, 2.45) is 5.92 Å². The maximum Gasteiger partial charge on any atom is 0.227 e. The molecule has 1 atom stereocenters. The fourth-order valence-corrected chi connectivity index (χ4v) is 4.21. The normalized spacial score (nSPS) is 25.0. The van der Waals surface area contributed by atoms with E-state index in [9.17, 15) is 13.2 Å². The van der Waals surface area contributed by atoms with E-state index < -0.39 is 10.0 Å². The van der Waals surface area contributed by atoms with E-state index in [1.54, 1.807) is 4.90 Å². The number of nitrogens with zero attached hydrogens (tertiary/aromatic N) is 2. The molecule has 2 heterocycles. The number of carbonyl (C=O) groups excluding carboxylic acids is 1. The van der Waals surface area contributed by atoms with E-state index in [0.29, 0.717) is 39.4 Å². The van der Waals surface area contributed by atoms with Crippen LogP contribution < -0.4 is 0 Å². The molecule has 7 nitrogen and oxygen atoms in total. The third kappa shape index (κ3) is 4.38. The Morgan fingerprint density at radius 3 is 2.67 bits per heavy atom. The number of hydrogen-bond acceptors (Lipinski definition) is 5. The first-order valence-corrected chi connectivity index (χ1v) is 8.99. The van der Waals surface area contributed by atoms with Crippen molar-refractivity contribution in [3.63, 3.8) is 0 Å². The summed E-state index contributed by atoms with van der Waals surface area (Å²) in [5.41, 5.74) is 0. The van der Waals surface area contributed by atoms with Crippen LogP contribution in [0.15, 0.2) is 0 Å². The minimum Gasteiger partial charge on any atom is -0.384 e. The average molecular weight is 320 g/mol. The number of sulfonamides is 1. The molecule has 122 valence electrons. The molecule has 1 amide bonds. The molecule has 0 bridgehead atoms. The van der Waals surface area contributed by atoms with Crippen LogP contribution in [0, 0.1) is 5.92 Å². The zero-order chi connectivity index (χ0) is 15.3. The summed E-state index contributed by atoms with van der Waals surface area (Å²) in [6.07, 6.45) is 1.49. The van der Waals surface area contributed by atoms with Gasteiger partial charge in [-0.25, -0.2) is 12.7 Å². The Balaban J connectivity index is 1.95. The van der Waals surface area contributed by atoms with Crippen LogP contribution in [0.2, 0.25) is 0 Å². The lowest BCUT2D eigenvalue weighted by Crippen LogP contribution is -2.50. The van der Waals surface area contributed by atoms with Crippen LogP contribution >= 0.6 is 0 Å². The molecule has 0 saturated carbocycles. The van der Waals surface area contributed by atoms with Crippen molar-refractivity contribution < 1.29 is 22.7 Å².